The van der Waals surface area contributed by atoms with Crippen molar-refractivity contribution in [3.05, 3.63) is 90.0 Å². The van der Waals surface area contributed by atoms with Crippen molar-refractivity contribution < 1.29 is 31.2 Å². The molecule has 3 aliphatic heterocycles. The van der Waals surface area contributed by atoms with Crippen molar-refractivity contribution in [2.24, 2.45) is 0 Å². The lowest BCUT2D eigenvalue weighted by Crippen LogP contribution is -2.49. The number of carbonyl (C=O) groups is 2. The number of fused-ring (bicyclic) bond motifs is 1. The van der Waals surface area contributed by atoms with E-state index in [9.17, 15) is 26.4 Å². The first-order chi connectivity index (χ1) is 21.6. The molecule has 3 aliphatic rings. The van der Waals surface area contributed by atoms with E-state index in [4.69, 9.17) is 4.74 Å². The second kappa shape index (κ2) is 11.3. The summed E-state index contributed by atoms with van der Waals surface area (Å²) < 4.78 is 60.3. The van der Waals surface area contributed by atoms with Crippen LogP contribution in [0.3, 0.4) is 0 Å². The highest BCUT2D eigenvalue weighted by atomic mass is 32.2. The summed E-state index contributed by atoms with van der Waals surface area (Å²) >= 11 is 0. The second-order valence-corrected chi connectivity index (χ2v) is 15.4. The van der Waals surface area contributed by atoms with Crippen LogP contribution in [0.4, 0.5) is 11.4 Å². The maximum Gasteiger partial charge on any atom is 0.259 e. The van der Waals surface area contributed by atoms with Gasteiger partial charge in [-0.3, -0.25) is 9.59 Å². The Morgan fingerprint density at radius 3 is 2.56 bits per heavy atom. The van der Waals surface area contributed by atoms with Crippen LogP contribution in [0.25, 0.3) is 10.8 Å². The number of carbonyl (C=O) groups excluding carboxylic acids is 2. The Balaban J connectivity index is 1.15. The van der Waals surface area contributed by atoms with Gasteiger partial charge >= 0.3 is 0 Å². The van der Waals surface area contributed by atoms with Crippen molar-refractivity contribution in [2.45, 2.75) is 41.5 Å². The van der Waals surface area contributed by atoms with Gasteiger partial charge in [-0.2, -0.15) is 4.31 Å². The third-order valence-electron chi connectivity index (χ3n) is 8.75. The Bertz CT molecular complexity index is 2060. The minimum absolute atomic E-state index is 0.0325. The number of anilines is 2. The van der Waals surface area contributed by atoms with E-state index < -0.39 is 31.8 Å². The molecule has 3 heterocycles. The van der Waals surface area contributed by atoms with Crippen LogP contribution in [0.5, 0.6) is 5.75 Å². The van der Waals surface area contributed by atoms with Crippen molar-refractivity contribution in [2.75, 3.05) is 35.7 Å². The van der Waals surface area contributed by atoms with Gasteiger partial charge in [0.05, 0.1) is 27.8 Å². The first-order valence-corrected chi connectivity index (χ1v) is 18.0. The van der Waals surface area contributed by atoms with Crippen molar-refractivity contribution in [1.29, 1.82) is 0 Å². The minimum atomic E-state index is -3.95. The van der Waals surface area contributed by atoms with E-state index in [2.05, 4.69) is 5.32 Å². The fourth-order valence-electron chi connectivity index (χ4n) is 6.46. The predicted octanol–water partition coefficient (Wildman–Crippen LogP) is 4.39. The van der Waals surface area contributed by atoms with Crippen molar-refractivity contribution in [3.8, 4) is 5.75 Å². The van der Waals surface area contributed by atoms with Crippen LogP contribution in [0.2, 0.25) is 0 Å². The number of nitrogens with zero attached hydrogens (tertiary/aromatic N) is 2. The monoisotopic (exact) mass is 645 g/mol. The number of hydrogen-bond acceptors (Lipinski definition) is 7. The molecule has 0 aromatic heterocycles. The zero-order chi connectivity index (χ0) is 31.3. The first-order valence-electron chi connectivity index (χ1n) is 14.9. The lowest BCUT2D eigenvalue weighted by atomic mass is 10.0. The fourth-order valence-corrected chi connectivity index (χ4v) is 9.40. The summed E-state index contributed by atoms with van der Waals surface area (Å²) in [4.78, 5) is 29.0. The van der Waals surface area contributed by atoms with Crippen molar-refractivity contribution in [3.63, 3.8) is 0 Å². The van der Waals surface area contributed by atoms with Gasteiger partial charge in [-0.1, -0.05) is 36.8 Å². The largest absolute Gasteiger partial charge is 0.493 e. The Morgan fingerprint density at radius 2 is 1.73 bits per heavy atom. The lowest BCUT2D eigenvalue weighted by molar-refractivity contribution is -0.120. The average Bonchev–Trinajstić information content (AvgIpc) is 3.64. The van der Waals surface area contributed by atoms with Crippen LogP contribution < -0.4 is 15.0 Å². The van der Waals surface area contributed by atoms with Crippen LogP contribution in [-0.2, 0) is 31.1 Å². The summed E-state index contributed by atoms with van der Waals surface area (Å²) in [6.07, 6.45) is 2.37. The molecular weight excluding hydrogens is 615 g/mol. The standard InChI is InChI=1S/C33H31N3O7S2/c37-32(29-11-4-5-17-36(29)45(41,42)24-12-15-30-22(21-24)16-19-43-30)34-27-13-14-28-31-25(27)9-6-10-26(31)33(38)35(28)18-20-44(39,40)23-7-2-1-3-8-23/h1-3,6-10,12-15,21,29H,4-5,11,16-20H2,(H,34,37). The van der Waals surface area contributed by atoms with Gasteiger partial charge < -0.3 is 15.0 Å². The molecule has 10 nitrogen and oxygen atoms in total. The fraction of sp³-hybridized carbons (Fsp3) is 0.273. The SMILES string of the molecule is O=C(Nc1ccc2c3c(cccc13)C(=O)N2CCS(=O)(=O)c1ccccc1)C1CCCCN1S(=O)(=O)c1ccc2c(c1)CCO2. The quantitative estimate of drug-likeness (QED) is 0.301. The van der Waals surface area contributed by atoms with Gasteiger partial charge in [-0.15, -0.1) is 0 Å². The van der Waals surface area contributed by atoms with E-state index in [1.54, 1.807) is 60.7 Å². The maximum atomic E-state index is 13.8. The number of hydrogen-bond donors (Lipinski definition) is 1. The van der Waals surface area contributed by atoms with Gasteiger partial charge in [0.25, 0.3) is 5.91 Å². The Hall–Kier alpha value is -4.26. The summed E-state index contributed by atoms with van der Waals surface area (Å²) in [6.45, 7) is 0.709. The maximum absolute atomic E-state index is 13.8. The Kier molecular flexibility index (Phi) is 7.38. The Labute approximate surface area is 261 Å². The van der Waals surface area contributed by atoms with Crippen LogP contribution in [-0.4, -0.2) is 64.4 Å². The number of sulfonamides is 1. The number of benzene rings is 4. The smallest absolute Gasteiger partial charge is 0.259 e. The highest BCUT2D eigenvalue weighted by Crippen LogP contribution is 2.41. The molecule has 0 radical (unpaired) electrons. The molecule has 4 aromatic carbocycles. The summed E-state index contributed by atoms with van der Waals surface area (Å²) in [5.41, 5.74) is 2.26. The molecule has 1 unspecified atom stereocenters. The molecule has 0 spiro atoms. The molecule has 1 N–H and O–H groups in total. The summed E-state index contributed by atoms with van der Waals surface area (Å²) in [5, 5.41) is 4.18. The minimum Gasteiger partial charge on any atom is -0.493 e. The molecular formula is C33H31N3O7S2. The van der Waals surface area contributed by atoms with E-state index >= 15 is 0 Å². The van der Waals surface area contributed by atoms with Crippen molar-refractivity contribution >= 4 is 53.8 Å². The Morgan fingerprint density at radius 1 is 0.911 bits per heavy atom. The van der Waals surface area contributed by atoms with Gasteiger partial charge in [-0.25, -0.2) is 16.8 Å². The zero-order valence-corrected chi connectivity index (χ0v) is 25.9. The van der Waals surface area contributed by atoms with Crippen LogP contribution in [0.1, 0.15) is 35.2 Å². The molecule has 45 heavy (non-hydrogen) atoms. The third kappa shape index (κ3) is 5.16. The number of nitrogens with one attached hydrogen (secondary N) is 1. The van der Waals surface area contributed by atoms with E-state index in [1.807, 2.05) is 0 Å². The van der Waals surface area contributed by atoms with Crippen LogP contribution in [0.15, 0.2) is 88.7 Å². The summed E-state index contributed by atoms with van der Waals surface area (Å²) in [7, 11) is -7.57. The molecule has 4 aromatic rings. The van der Waals surface area contributed by atoms with E-state index in [0.717, 1.165) is 5.56 Å². The number of rotatable bonds is 8. The average molecular weight is 646 g/mol. The van der Waals surface area contributed by atoms with Gasteiger partial charge in [0.15, 0.2) is 9.84 Å². The molecule has 7 rings (SSSR count). The van der Waals surface area contributed by atoms with E-state index in [0.29, 0.717) is 65.8 Å². The highest BCUT2D eigenvalue weighted by molar-refractivity contribution is 7.91. The molecule has 1 saturated heterocycles. The molecule has 232 valence electrons. The predicted molar refractivity (Wildman–Crippen MR) is 170 cm³/mol. The van der Waals surface area contributed by atoms with Gasteiger partial charge in [0.1, 0.15) is 11.8 Å². The first kappa shape index (κ1) is 29.5. The van der Waals surface area contributed by atoms with Crippen molar-refractivity contribution in [1.82, 2.24) is 4.31 Å². The number of piperidine rings is 1. The van der Waals surface area contributed by atoms with E-state index in [-0.39, 0.29) is 34.5 Å². The molecule has 1 atom stereocenters. The van der Waals surface area contributed by atoms with Gasteiger partial charge in [0.2, 0.25) is 15.9 Å². The lowest BCUT2D eigenvalue weighted by Gasteiger charge is -2.33. The number of sulfone groups is 1. The molecule has 0 bridgehead atoms. The highest BCUT2D eigenvalue weighted by Gasteiger charge is 2.39. The summed E-state index contributed by atoms with van der Waals surface area (Å²) in [6, 6.07) is 20.6. The molecule has 0 aliphatic carbocycles. The molecule has 2 amide bonds. The topological polar surface area (TPSA) is 130 Å². The van der Waals surface area contributed by atoms with Gasteiger partial charge in [0, 0.05) is 41.5 Å². The van der Waals surface area contributed by atoms with Crippen LogP contribution >= 0.6 is 0 Å². The third-order valence-corrected chi connectivity index (χ3v) is 12.4. The number of ether oxygens (including phenoxy) is 1. The summed E-state index contributed by atoms with van der Waals surface area (Å²) in [5.74, 6) is -0.325. The normalized spacial score (nSPS) is 18.2. The van der Waals surface area contributed by atoms with Crippen LogP contribution in [0, 0.1) is 0 Å². The second-order valence-electron chi connectivity index (χ2n) is 11.4. The zero-order valence-electron chi connectivity index (χ0n) is 24.3. The molecule has 12 heteroatoms. The van der Waals surface area contributed by atoms with Gasteiger partial charge in [-0.05, 0) is 66.9 Å². The molecule has 1 fully saturated rings. The van der Waals surface area contributed by atoms with E-state index in [1.165, 1.54) is 27.4 Å². The molecule has 0 saturated carbocycles. The number of amides is 2.